The molecular weight excluding hydrogens is 262 g/mol. The van der Waals surface area contributed by atoms with Crippen molar-refractivity contribution in [3.05, 3.63) is 0 Å². The molecule has 2 fully saturated rings. The van der Waals surface area contributed by atoms with E-state index < -0.39 is 0 Å². The van der Waals surface area contributed by atoms with Crippen LogP contribution in [0.5, 0.6) is 0 Å². The van der Waals surface area contributed by atoms with Gasteiger partial charge in [0.15, 0.2) is 0 Å². The van der Waals surface area contributed by atoms with E-state index >= 15 is 0 Å². The summed E-state index contributed by atoms with van der Waals surface area (Å²) < 4.78 is 0. The van der Waals surface area contributed by atoms with Crippen molar-refractivity contribution in [2.45, 2.75) is 58.4 Å². The van der Waals surface area contributed by atoms with E-state index in [4.69, 9.17) is 0 Å². The Morgan fingerprint density at radius 3 is 2.29 bits per heavy atom. The van der Waals surface area contributed by atoms with E-state index in [0.29, 0.717) is 0 Å². The first-order chi connectivity index (χ1) is 9.97. The lowest BCUT2D eigenvalue weighted by molar-refractivity contribution is -0.126. The van der Waals surface area contributed by atoms with Gasteiger partial charge >= 0.3 is 0 Å². The minimum absolute atomic E-state index is 0.232. The van der Waals surface area contributed by atoms with Gasteiger partial charge in [0.1, 0.15) is 0 Å². The smallest absolute Gasteiger partial charge is 0.223 e. The monoisotopic (exact) mass is 295 g/mol. The summed E-state index contributed by atoms with van der Waals surface area (Å²) in [6.07, 6.45) is 5.80. The van der Waals surface area contributed by atoms with Crippen LogP contribution in [0.25, 0.3) is 0 Å². The first kappa shape index (κ1) is 16.8. The van der Waals surface area contributed by atoms with Crippen LogP contribution in [0.1, 0.15) is 52.9 Å². The molecule has 1 amide bonds. The quantitative estimate of drug-likeness (QED) is 0.789. The molecule has 0 spiro atoms. The highest BCUT2D eigenvalue weighted by molar-refractivity contribution is 5.78. The van der Waals surface area contributed by atoms with E-state index in [2.05, 4.69) is 35.9 Å². The van der Waals surface area contributed by atoms with Gasteiger partial charge in [0.05, 0.1) is 0 Å². The van der Waals surface area contributed by atoms with Crippen LogP contribution in [0, 0.1) is 5.92 Å². The van der Waals surface area contributed by atoms with Crippen molar-refractivity contribution in [1.82, 2.24) is 15.1 Å². The van der Waals surface area contributed by atoms with E-state index in [9.17, 15) is 4.79 Å². The highest BCUT2D eigenvalue weighted by Crippen LogP contribution is 2.23. The molecule has 1 N–H and O–H groups in total. The van der Waals surface area contributed by atoms with Crippen LogP contribution in [0.2, 0.25) is 0 Å². The number of rotatable bonds is 5. The maximum atomic E-state index is 12.2. The zero-order valence-electron chi connectivity index (χ0n) is 14.2. The largest absolute Gasteiger partial charge is 0.356 e. The molecule has 0 aromatic rings. The maximum Gasteiger partial charge on any atom is 0.223 e. The molecule has 2 aliphatic heterocycles. The fourth-order valence-corrected chi connectivity index (χ4v) is 3.48. The van der Waals surface area contributed by atoms with Gasteiger partial charge in [-0.1, -0.05) is 0 Å². The third kappa shape index (κ3) is 5.26. The molecule has 0 aromatic carbocycles. The summed E-state index contributed by atoms with van der Waals surface area (Å²) in [5.41, 5.74) is 0.233. The molecule has 0 bridgehead atoms. The second-order valence-electron chi connectivity index (χ2n) is 7.63. The van der Waals surface area contributed by atoms with E-state index in [0.717, 1.165) is 45.4 Å². The second kappa shape index (κ2) is 7.59. The van der Waals surface area contributed by atoms with Crippen molar-refractivity contribution in [2.75, 3.05) is 39.3 Å². The standard InChI is InChI=1S/C17H33N3O/c1-17(2,3)20-13-7-15(8-14-20)16(21)18-9-6-12-19-10-4-5-11-19/h15H,4-14H2,1-3H3,(H,18,21). The van der Waals surface area contributed by atoms with Crippen LogP contribution in [0.4, 0.5) is 0 Å². The van der Waals surface area contributed by atoms with Crippen LogP contribution in [-0.2, 0) is 4.79 Å². The Morgan fingerprint density at radius 2 is 1.71 bits per heavy atom. The number of hydrogen-bond acceptors (Lipinski definition) is 3. The molecule has 2 saturated heterocycles. The highest BCUT2D eigenvalue weighted by Gasteiger charge is 2.29. The summed E-state index contributed by atoms with van der Waals surface area (Å²) in [6.45, 7) is 13.4. The van der Waals surface area contributed by atoms with E-state index in [1.165, 1.54) is 25.9 Å². The Kier molecular flexibility index (Phi) is 6.06. The Bertz CT molecular complexity index is 323. The fraction of sp³-hybridized carbons (Fsp3) is 0.941. The topological polar surface area (TPSA) is 35.6 Å². The molecule has 2 aliphatic rings. The molecule has 0 atom stereocenters. The SMILES string of the molecule is CC(C)(C)N1CCC(C(=O)NCCCN2CCCC2)CC1. The zero-order chi connectivity index (χ0) is 15.3. The average Bonchev–Trinajstić information content (AvgIpc) is 2.96. The number of hydrogen-bond donors (Lipinski definition) is 1. The molecule has 4 heteroatoms. The predicted molar refractivity (Wildman–Crippen MR) is 87.4 cm³/mol. The molecule has 4 nitrogen and oxygen atoms in total. The van der Waals surface area contributed by atoms with Gasteiger partial charge in [-0.3, -0.25) is 9.69 Å². The van der Waals surface area contributed by atoms with Crippen LogP contribution in [-0.4, -0.2) is 60.5 Å². The Morgan fingerprint density at radius 1 is 1.10 bits per heavy atom. The molecule has 0 aliphatic carbocycles. The summed E-state index contributed by atoms with van der Waals surface area (Å²) in [4.78, 5) is 17.2. The molecule has 21 heavy (non-hydrogen) atoms. The van der Waals surface area contributed by atoms with Crippen molar-refractivity contribution < 1.29 is 4.79 Å². The number of amides is 1. The summed E-state index contributed by atoms with van der Waals surface area (Å²) in [6, 6.07) is 0. The Hall–Kier alpha value is -0.610. The molecule has 0 aromatic heterocycles. The third-order valence-electron chi connectivity index (χ3n) is 4.96. The summed E-state index contributed by atoms with van der Waals surface area (Å²) in [5.74, 6) is 0.514. The fourth-order valence-electron chi connectivity index (χ4n) is 3.48. The van der Waals surface area contributed by atoms with Crippen molar-refractivity contribution in [3.63, 3.8) is 0 Å². The number of nitrogens with one attached hydrogen (secondary N) is 1. The van der Waals surface area contributed by atoms with Crippen LogP contribution in [0.15, 0.2) is 0 Å². The number of nitrogens with zero attached hydrogens (tertiary/aromatic N) is 2. The van der Waals surface area contributed by atoms with Gasteiger partial charge in [0.25, 0.3) is 0 Å². The lowest BCUT2D eigenvalue weighted by Gasteiger charge is -2.40. The van der Waals surface area contributed by atoms with Crippen LogP contribution < -0.4 is 5.32 Å². The molecule has 2 rings (SSSR count). The van der Waals surface area contributed by atoms with Crippen molar-refractivity contribution >= 4 is 5.91 Å². The van der Waals surface area contributed by atoms with Gasteiger partial charge in [-0.2, -0.15) is 0 Å². The molecule has 0 saturated carbocycles. The molecule has 0 unspecified atom stereocenters. The van der Waals surface area contributed by atoms with Crippen LogP contribution in [0.3, 0.4) is 0 Å². The number of piperidine rings is 1. The van der Waals surface area contributed by atoms with E-state index in [1.54, 1.807) is 0 Å². The number of carbonyl (C=O) groups is 1. The van der Waals surface area contributed by atoms with Gasteiger partial charge in [-0.15, -0.1) is 0 Å². The van der Waals surface area contributed by atoms with Gasteiger partial charge < -0.3 is 10.2 Å². The van der Waals surface area contributed by atoms with Crippen LogP contribution >= 0.6 is 0 Å². The molecule has 0 radical (unpaired) electrons. The van der Waals surface area contributed by atoms with Crippen molar-refractivity contribution in [2.24, 2.45) is 5.92 Å². The lowest BCUT2D eigenvalue weighted by Crippen LogP contribution is -2.48. The number of carbonyl (C=O) groups excluding carboxylic acids is 1. The first-order valence-corrected chi connectivity index (χ1v) is 8.72. The van der Waals surface area contributed by atoms with E-state index in [1.807, 2.05) is 0 Å². The van der Waals surface area contributed by atoms with Gasteiger partial charge in [-0.05, 0) is 85.6 Å². The number of likely N-dealkylation sites (tertiary alicyclic amines) is 2. The van der Waals surface area contributed by atoms with E-state index in [-0.39, 0.29) is 17.4 Å². The third-order valence-corrected chi connectivity index (χ3v) is 4.96. The zero-order valence-corrected chi connectivity index (χ0v) is 14.2. The summed E-state index contributed by atoms with van der Waals surface area (Å²) in [5, 5.41) is 3.15. The Balaban J connectivity index is 1.59. The van der Waals surface area contributed by atoms with Crippen molar-refractivity contribution in [3.8, 4) is 0 Å². The van der Waals surface area contributed by atoms with Crippen molar-refractivity contribution in [1.29, 1.82) is 0 Å². The lowest BCUT2D eigenvalue weighted by atomic mass is 9.92. The van der Waals surface area contributed by atoms with Gasteiger partial charge in [0.2, 0.25) is 5.91 Å². The summed E-state index contributed by atoms with van der Waals surface area (Å²) in [7, 11) is 0. The summed E-state index contributed by atoms with van der Waals surface area (Å²) >= 11 is 0. The highest BCUT2D eigenvalue weighted by atomic mass is 16.1. The molecule has 122 valence electrons. The minimum Gasteiger partial charge on any atom is -0.356 e. The second-order valence-corrected chi connectivity index (χ2v) is 7.63. The minimum atomic E-state index is 0.232. The predicted octanol–water partition coefficient (Wildman–Crippen LogP) is 2.10. The first-order valence-electron chi connectivity index (χ1n) is 8.72. The normalized spacial score (nSPS) is 22.6. The van der Waals surface area contributed by atoms with Gasteiger partial charge in [0, 0.05) is 18.0 Å². The molecular formula is C17H33N3O. The molecule has 2 heterocycles. The Labute approximate surface area is 130 Å². The average molecular weight is 295 g/mol. The van der Waals surface area contributed by atoms with Gasteiger partial charge in [-0.25, -0.2) is 0 Å². The maximum absolute atomic E-state index is 12.2.